The standard InChI is InChI=1S/C20H24O4/c1-20(19(21)24-4)9-5-6-14-10-15-12-18(23-3)17(22-2)11-13(15)7-8-16(14)20/h7-8,11-12H,5-6,9-10H2,1-4H3. The number of hydrogen-bond acceptors (Lipinski definition) is 4. The van der Waals surface area contributed by atoms with Gasteiger partial charge in [0, 0.05) is 0 Å². The van der Waals surface area contributed by atoms with Crippen LogP contribution in [0.4, 0.5) is 0 Å². The summed E-state index contributed by atoms with van der Waals surface area (Å²) in [5.74, 6) is 1.30. The Morgan fingerprint density at radius 1 is 1.08 bits per heavy atom. The molecular weight excluding hydrogens is 304 g/mol. The van der Waals surface area contributed by atoms with Crippen molar-refractivity contribution < 1.29 is 19.0 Å². The predicted molar refractivity (Wildman–Crippen MR) is 93.3 cm³/mol. The topological polar surface area (TPSA) is 44.8 Å². The van der Waals surface area contributed by atoms with Crippen molar-refractivity contribution in [2.45, 2.75) is 32.6 Å². The van der Waals surface area contributed by atoms with E-state index in [-0.39, 0.29) is 5.97 Å². The molecule has 2 aliphatic rings. The molecular formula is C20H24O4. The molecule has 0 N–H and O–H groups in total. The lowest BCUT2D eigenvalue weighted by molar-refractivity contribution is -0.150. The minimum absolute atomic E-state index is 0.152. The van der Waals surface area contributed by atoms with Gasteiger partial charge in [-0.05, 0) is 61.4 Å². The number of ether oxygens (including phenoxy) is 3. The van der Waals surface area contributed by atoms with Crippen LogP contribution in [-0.2, 0) is 16.0 Å². The summed E-state index contributed by atoms with van der Waals surface area (Å²) in [7, 11) is 4.76. The number of carbonyl (C=O) groups excluding carboxylic acids is 1. The molecule has 0 fully saturated rings. The van der Waals surface area contributed by atoms with Gasteiger partial charge < -0.3 is 14.2 Å². The quantitative estimate of drug-likeness (QED) is 0.789. The van der Waals surface area contributed by atoms with Gasteiger partial charge in [0.05, 0.1) is 26.7 Å². The Bertz CT molecular complexity index is 729. The monoisotopic (exact) mass is 328 g/mol. The molecule has 0 aliphatic heterocycles. The number of carbonyl (C=O) groups is 1. The van der Waals surface area contributed by atoms with E-state index in [1.54, 1.807) is 14.2 Å². The summed E-state index contributed by atoms with van der Waals surface area (Å²) in [6.07, 6.45) is 7.83. The zero-order valence-electron chi connectivity index (χ0n) is 14.8. The Hall–Kier alpha value is -2.23. The summed E-state index contributed by atoms with van der Waals surface area (Å²) in [6.45, 7) is 1.99. The Morgan fingerprint density at radius 2 is 1.79 bits per heavy atom. The molecule has 0 spiro atoms. The van der Waals surface area contributed by atoms with Crippen molar-refractivity contribution in [3.63, 3.8) is 0 Å². The highest BCUT2D eigenvalue weighted by atomic mass is 16.5. The Morgan fingerprint density at radius 3 is 2.46 bits per heavy atom. The third kappa shape index (κ3) is 2.60. The molecule has 3 rings (SSSR count). The van der Waals surface area contributed by atoms with Crippen molar-refractivity contribution in [3.05, 3.63) is 40.5 Å². The first-order valence-electron chi connectivity index (χ1n) is 8.27. The van der Waals surface area contributed by atoms with Crippen LogP contribution in [0.5, 0.6) is 11.5 Å². The molecule has 2 aliphatic carbocycles. The van der Waals surface area contributed by atoms with Gasteiger partial charge in [-0.2, -0.15) is 0 Å². The van der Waals surface area contributed by atoms with Gasteiger partial charge in [0.2, 0.25) is 0 Å². The Kier molecular flexibility index (Phi) is 4.39. The van der Waals surface area contributed by atoms with Crippen LogP contribution in [0, 0.1) is 5.41 Å². The fraction of sp³-hybridized carbons (Fsp3) is 0.450. The second-order valence-electron chi connectivity index (χ2n) is 6.61. The minimum atomic E-state index is -0.560. The zero-order chi connectivity index (χ0) is 17.3. The van der Waals surface area contributed by atoms with Crippen LogP contribution in [0.3, 0.4) is 0 Å². The van der Waals surface area contributed by atoms with E-state index in [9.17, 15) is 4.79 Å². The van der Waals surface area contributed by atoms with Crippen LogP contribution in [0.2, 0.25) is 0 Å². The summed E-state index contributed by atoms with van der Waals surface area (Å²) in [5.41, 5.74) is 4.16. The van der Waals surface area contributed by atoms with E-state index in [1.807, 2.05) is 19.1 Å². The molecule has 4 nitrogen and oxygen atoms in total. The molecule has 1 aromatic rings. The van der Waals surface area contributed by atoms with Gasteiger partial charge in [-0.15, -0.1) is 0 Å². The third-order valence-electron chi connectivity index (χ3n) is 5.25. The maximum atomic E-state index is 12.4. The molecule has 0 aromatic heterocycles. The molecule has 24 heavy (non-hydrogen) atoms. The molecule has 0 bridgehead atoms. The van der Waals surface area contributed by atoms with Gasteiger partial charge in [0.25, 0.3) is 0 Å². The first-order valence-corrected chi connectivity index (χ1v) is 8.27. The number of hydrogen-bond donors (Lipinski definition) is 0. The highest BCUT2D eigenvalue weighted by Gasteiger charge is 2.41. The summed E-state index contributed by atoms with van der Waals surface area (Å²) in [5, 5.41) is 0. The molecule has 1 aromatic carbocycles. The Balaban J connectivity index is 2.09. The van der Waals surface area contributed by atoms with Crippen molar-refractivity contribution in [2.24, 2.45) is 5.41 Å². The molecule has 0 radical (unpaired) electrons. The number of rotatable bonds is 3. The van der Waals surface area contributed by atoms with Crippen molar-refractivity contribution >= 4 is 12.0 Å². The van der Waals surface area contributed by atoms with Crippen molar-refractivity contribution in [3.8, 4) is 11.5 Å². The van der Waals surface area contributed by atoms with Crippen molar-refractivity contribution in [2.75, 3.05) is 21.3 Å². The van der Waals surface area contributed by atoms with E-state index in [4.69, 9.17) is 14.2 Å². The maximum Gasteiger partial charge on any atom is 0.315 e. The lowest BCUT2D eigenvalue weighted by Gasteiger charge is -2.34. The molecule has 0 saturated heterocycles. The van der Waals surface area contributed by atoms with E-state index in [0.29, 0.717) is 0 Å². The predicted octanol–water partition coefficient (Wildman–Crippen LogP) is 3.93. The smallest absolute Gasteiger partial charge is 0.315 e. The lowest BCUT2D eigenvalue weighted by atomic mass is 9.70. The van der Waals surface area contributed by atoms with Crippen molar-refractivity contribution in [1.82, 2.24) is 0 Å². The SMILES string of the molecule is COC(=O)C1(C)CCCC2=C1C=Cc1cc(OC)c(OC)cc1C2. The van der Waals surface area contributed by atoms with Gasteiger partial charge in [-0.25, -0.2) is 0 Å². The first kappa shape index (κ1) is 16.6. The second kappa shape index (κ2) is 6.34. The Labute approximate surface area is 143 Å². The van der Waals surface area contributed by atoms with Crippen LogP contribution >= 0.6 is 0 Å². The normalized spacial score (nSPS) is 22.3. The van der Waals surface area contributed by atoms with Crippen molar-refractivity contribution in [1.29, 1.82) is 0 Å². The second-order valence-corrected chi connectivity index (χ2v) is 6.61. The fourth-order valence-electron chi connectivity index (χ4n) is 3.89. The highest BCUT2D eigenvalue weighted by Crippen LogP contribution is 2.45. The average Bonchev–Trinajstić information content (AvgIpc) is 2.79. The van der Waals surface area contributed by atoms with Crippen LogP contribution in [0.25, 0.3) is 6.08 Å². The van der Waals surface area contributed by atoms with E-state index in [0.717, 1.165) is 48.3 Å². The van der Waals surface area contributed by atoms with E-state index >= 15 is 0 Å². The zero-order valence-corrected chi connectivity index (χ0v) is 14.8. The molecule has 0 saturated carbocycles. The number of methoxy groups -OCH3 is 3. The van der Waals surface area contributed by atoms with Gasteiger partial charge in [0.15, 0.2) is 11.5 Å². The van der Waals surface area contributed by atoms with Gasteiger partial charge >= 0.3 is 5.97 Å². The van der Waals surface area contributed by atoms with E-state index < -0.39 is 5.41 Å². The van der Waals surface area contributed by atoms with Gasteiger partial charge in [-0.1, -0.05) is 17.7 Å². The minimum Gasteiger partial charge on any atom is -0.493 e. The fourth-order valence-corrected chi connectivity index (χ4v) is 3.89. The summed E-state index contributed by atoms with van der Waals surface area (Å²) in [4.78, 5) is 12.4. The number of allylic oxidation sites excluding steroid dienone is 2. The highest BCUT2D eigenvalue weighted by molar-refractivity contribution is 5.83. The number of esters is 1. The summed E-state index contributed by atoms with van der Waals surface area (Å²) in [6, 6.07) is 4.04. The lowest BCUT2D eigenvalue weighted by Crippen LogP contribution is -2.34. The number of benzene rings is 1. The first-order chi connectivity index (χ1) is 11.5. The van der Waals surface area contributed by atoms with E-state index in [1.165, 1.54) is 18.2 Å². The van der Waals surface area contributed by atoms with Crippen LogP contribution in [0.1, 0.15) is 37.3 Å². The van der Waals surface area contributed by atoms with Gasteiger partial charge in [-0.3, -0.25) is 4.79 Å². The summed E-state index contributed by atoms with van der Waals surface area (Å²) < 4.78 is 15.9. The van der Waals surface area contributed by atoms with Crippen LogP contribution in [-0.4, -0.2) is 27.3 Å². The molecule has 1 atom stereocenters. The molecule has 0 amide bonds. The molecule has 1 unspecified atom stereocenters. The number of fused-ring (bicyclic) bond motifs is 1. The molecule has 128 valence electrons. The van der Waals surface area contributed by atoms with E-state index in [2.05, 4.69) is 12.2 Å². The summed E-state index contributed by atoms with van der Waals surface area (Å²) >= 11 is 0. The molecule has 4 heteroatoms. The largest absolute Gasteiger partial charge is 0.493 e. The maximum absolute atomic E-state index is 12.4. The molecule has 0 heterocycles. The van der Waals surface area contributed by atoms with Gasteiger partial charge in [0.1, 0.15) is 0 Å². The average molecular weight is 328 g/mol. The van der Waals surface area contributed by atoms with Crippen LogP contribution in [0.15, 0.2) is 29.4 Å². The van der Waals surface area contributed by atoms with Crippen LogP contribution < -0.4 is 9.47 Å². The third-order valence-corrected chi connectivity index (χ3v) is 5.25.